The van der Waals surface area contributed by atoms with Crippen LogP contribution >= 0.6 is 0 Å². The quantitative estimate of drug-likeness (QED) is 0.838. The summed E-state index contributed by atoms with van der Waals surface area (Å²) >= 11 is 0. The van der Waals surface area contributed by atoms with Crippen molar-refractivity contribution in [1.29, 1.82) is 0 Å². The molecule has 3 aliphatic rings. The highest BCUT2D eigenvalue weighted by Gasteiger charge is 2.37. The lowest BCUT2D eigenvalue weighted by molar-refractivity contribution is -0.0196. The maximum absolute atomic E-state index is 5.91. The van der Waals surface area contributed by atoms with Gasteiger partial charge < -0.3 is 10.1 Å². The van der Waals surface area contributed by atoms with Gasteiger partial charge in [-0.1, -0.05) is 13.3 Å². The van der Waals surface area contributed by atoms with Crippen LogP contribution in [0.15, 0.2) is 0 Å². The predicted molar refractivity (Wildman–Crippen MR) is 83.0 cm³/mol. The minimum atomic E-state index is 0.552. The van der Waals surface area contributed by atoms with Crippen molar-refractivity contribution in [2.75, 3.05) is 19.7 Å². The van der Waals surface area contributed by atoms with E-state index in [1.165, 1.54) is 64.3 Å². The fourth-order valence-electron chi connectivity index (χ4n) is 4.63. The fourth-order valence-corrected chi connectivity index (χ4v) is 4.63. The van der Waals surface area contributed by atoms with E-state index in [0.29, 0.717) is 6.10 Å². The normalized spacial score (nSPS) is 38.9. The largest absolute Gasteiger partial charge is 0.378 e. The molecular formula is C17H32N2O. The van der Waals surface area contributed by atoms with E-state index in [0.717, 1.165) is 31.3 Å². The summed E-state index contributed by atoms with van der Waals surface area (Å²) in [5.74, 6) is 0. The monoisotopic (exact) mass is 280 g/mol. The predicted octanol–water partition coefficient (Wildman–Crippen LogP) is 2.94. The molecular weight excluding hydrogens is 248 g/mol. The van der Waals surface area contributed by atoms with Crippen LogP contribution in [-0.2, 0) is 4.74 Å². The maximum Gasteiger partial charge on any atom is 0.0587 e. The number of hydrogen-bond donors (Lipinski definition) is 1. The third-order valence-corrected chi connectivity index (χ3v) is 5.60. The SMILES string of the molecule is CCNC1CC2CCCC(C1)N2CCC1CCCCO1. The van der Waals surface area contributed by atoms with Crippen LogP contribution in [0.25, 0.3) is 0 Å². The Labute approximate surface area is 124 Å². The second-order valence-electron chi connectivity index (χ2n) is 6.98. The summed E-state index contributed by atoms with van der Waals surface area (Å²) in [7, 11) is 0. The van der Waals surface area contributed by atoms with Crippen LogP contribution in [0.5, 0.6) is 0 Å². The van der Waals surface area contributed by atoms with Crippen molar-refractivity contribution in [3.63, 3.8) is 0 Å². The van der Waals surface area contributed by atoms with E-state index in [-0.39, 0.29) is 0 Å². The zero-order chi connectivity index (χ0) is 13.8. The highest BCUT2D eigenvalue weighted by atomic mass is 16.5. The van der Waals surface area contributed by atoms with Gasteiger partial charge in [-0.2, -0.15) is 0 Å². The number of fused-ring (bicyclic) bond motifs is 2. The van der Waals surface area contributed by atoms with Crippen molar-refractivity contribution in [2.24, 2.45) is 0 Å². The zero-order valence-electron chi connectivity index (χ0n) is 13.2. The maximum atomic E-state index is 5.91. The molecule has 0 aromatic rings. The number of nitrogens with one attached hydrogen (secondary N) is 1. The number of piperidine rings is 2. The van der Waals surface area contributed by atoms with E-state index in [9.17, 15) is 0 Å². The second-order valence-corrected chi connectivity index (χ2v) is 6.98. The molecule has 0 aliphatic carbocycles. The molecule has 3 heterocycles. The Hall–Kier alpha value is -0.120. The van der Waals surface area contributed by atoms with Crippen LogP contribution in [0.4, 0.5) is 0 Å². The van der Waals surface area contributed by atoms with Crippen molar-refractivity contribution in [2.45, 2.75) is 88.9 Å². The van der Waals surface area contributed by atoms with Crippen molar-refractivity contribution in [3.05, 3.63) is 0 Å². The Balaban J connectivity index is 1.51. The summed E-state index contributed by atoms with van der Waals surface area (Å²) < 4.78 is 5.91. The summed E-state index contributed by atoms with van der Waals surface area (Å²) in [5.41, 5.74) is 0. The van der Waals surface area contributed by atoms with E-state index in [4.69, 9.17) is 4.74 Å². The standard InChI is InChI=1S/C17H32N2O/c1-2-18-14-12-15-6-5-7-16(13-14)19(15)10-9-17-8-3-4-11-20-17/h14-18H,2-13H2,1H3. The molecule has 0 radical (unpaired) electrons. The van der Waals surface area contributed by atoms with Crippen LogP contribution in [-0.4, -0.2) is 48.8 Å². The van der Waals surface area contributed by atoms with Gasteiger partial charge >= 0.3 is 0 Å². The molecule has 0 spiro atoms. The first-order valence-electron chi connectivity index (χ1n) is 8.97. The topological polar surface area (TPSA) is 24.5 Å². The third kappa shape index (κ3) is 3.55. The van der Waals surface area contributed by atoms with Crippen molar-refractivity contribution in [1.82, 2.24) is 10.2 Å². The van der Waals surface area contributed by atoms with Crippen molar-refractivity contribution >= 4 is 0 Å². The average Bonchev–Trinajstić information content (AvgIpc) is 2.46. The molecule has 2 bridgehead atoms. The van der Waals surface area contributed by atoms with Crippen LogP contribution in [0.1, 0.15) is 64.7 Å². The van der Waals surface area contributed by atoms with Crippen LogP contribution in [0, 0.1) is 0 Å². The zero-order valence-corrected chi connectivity index (χ0v) is 13.2. The van der Waals surface area contributed by atoms with Gasteiger partial charge in [0, 0.05) is 31.3 Å². The molecule has 3 aliphatic heterocycles. The van der Waals surface area contributed by atoms with Gasteiger partial charge in [0.1, 0.15) is 0 Å². The summed E-state index contributed by atoms with van der Waals surface area (Å²) in [5, 5.41) is 3.69. The highest BCUT2D eigenvalue weighted by Crippen LogP contribution is 2.34. The molecule has 3 atom stereocenters. The van der Waals surface area contributed by atoms with Gasteiger partial charge in [-0.15, -0.1) is 0 Å². The smallest absolute Gasteiger partial charge is 0.0587 e. The lowest BCUT2D eigenvalue weighted by atomic mass is 9.81. The third-order valence-electron chi connectivity index (χ3n) is 5.60. The lowest BCUT2D eigenvalue weighted by Crippen LogP contribution is -2.56. The fraction of sp³-hybridized carbons (Fsp3) is 1.00. The van der Waals surface area contributed by atoms with Crippen molar-refractivity contribution < 1.29 is 4.74 Å². The number of ether oxygens (including phenoxy) is 1. The molecule has 0 aromatic carbocycles. The Bertz CT molecular complexity index is 277. The van der Waals surface area contributed by atoms with E-state index in [1.54, 1.807) is 0 Å². The molecule has 0 saturated carbocycles. The summed E-state index contributed by atoms with van der Waals surface area (Å²) in [4.78, 5) is 2.84. The Kier molecular flexibility index (Phi) is 5.36. The molecule has 3 unspecified atom stereocenters. The molecule has 3 fully saturated rings. The summed E-state index contributed by atoms with van der Waals surface area (Å²) in [6.45, 7) is 5.64. The average molecular weight is 280 g/mol. The number of nitrogens with zero attached hydrogens (tertiary/aromatic N) is 1. The van der Waals surface area contributed by atoms with E-state index in [2.05, 4.69) is 17.1 Å². The minimum absolute atomic E-state index is 0.552. The molecule has 3 saturated heterocycles. The first kappa shape index (κ1) is 14.8. The van der Waals surface area contributed by atoms with Crippen molar-refractivity contribution in [3.8, 4) is 0 Å². The Morgan fingerprint density at radius 1 is 1.05 bits per heavy atom. The molecule has 3 nitrogen and oxygen atoms in total. The van der Waals surface area contributed by atoms with E-state index < -0.39 is 0 Å². The van der Waals surface area contributed by atoms with Gasteiger partial charge in [0.05, 0.1) is 6.10 Å². The number of rotatable bonds is 5. The number of hydrogen-bond acceptors (Lipinski definition) is 3. The first-order valence-corrected chi connectivity index (χ1v) is 8.97. The van der Waals surface area contributed by atoms with Gasteiger partial charge in [0.15, 0.2) is 0 Å². The molecule has 3 heteroatoms. The molecule has 3 rings (SSSR count). The highest BCUT2D eigenvalue weighted by molar-refractivity contribution is 4.95. The van der Waals surface area contributed by atoms with E-state index >= 15 is 0 Å². The van der Waals surface area contributed by atoms with Crippen LogP contribution in [0.2, 0.25) is 0 Å². The summed E-state index contributed by atoms with van der Waals surface area (Å²) in [6, 6.07) is 2.46. The van der Waals surface area contributed by atoms with Gasteiger partial charge in [-0.3, -0.25) is 4.90 Å². The molecule has 20 heavy (non-hydrogen) atoms. The van der Waals surface area contributed by atoms with E-state index in [1.807, 2.05) is 0 Å². The Morgan fingerprint density at radius 2 is 1.85 bits per heavy atom. The lowest BCUT2D eigenvalue weighted by Gasteiger charge is -2.49. The second kappa shape index (κ2) is 7.24. The molecule has 0 aromatic heterocycles. The van der Waals surface area contributed by atoms with Gasteiger partial charge in [0.25, 0.3) is 0 Å². The summed E-state index contributed by atoms with van der Waals surface area (Å²) in [6.07, 6.45) is 12.8. The van der Waals surface area contributed by atoms with Gasteiger partial charge in [0.2, 0.25) is 0 Å². The van der Waals surface area contributed by atoms with Gasteiger partial charge in [-0.25, -0.2) is 0 Å². The van der Waals surface area contributed by atoms with Gasteiger partial charge in [-0.05, 0) is 57.9 Å². The minimum Gasteiger partial charge on any atom is -0.378 e. The molecule has 0 amide bonds. The first-order chi connectivity index (χ1) is 9.86. The Morgan fingerprint density at radius 3 is 2.50 bits per heavy atom. The van der Waals surface area contributed by atoms with Crippen LogP contribution < -0.4 is 5.32 Å². The van der Waals surface area contributed by atoms with Crippen LogP contribution in [0.3, 0.4) is 0 Å². The molecule has 116 valence electrons. The molecule has 1 N–H and O–H groups in total.